The molecule has 0 saturated carbocycles. The van der Waals surface area contributed by atoms with Gasteiger partial charge in [-0.3, -0.25) is 9.69 Å². The lowest BCUT2D eigenvalue weighted by Crippen LogP contribution is -2.29. The van der Waals surface area contributed by atoms with E-state index in [1.54, 1.807) is 0 Å². The van der Waals surface area contributed by atoms with Gasteiger partial charge in [0.25, 0.3) is 0 Å². The number of hydrogen-bond acceptors (Lipinski definition) is 5. The van der Waals surface area contributed by atoms with E-state index >= 15 is 0 Å². The molecule has 2 N–H and O–H groups in total. The van der Waals surface area contributed by atoms with E-state index < -0.39 is 0 Å². The highest BCUT2D eigenvalue weighted by molar-refractivity contribution is 5.71. The molecule has 0 aliphatic rings. The first-order valence-electron chi connectivity index (χ1n) is 6.91. The van der Waals surface area contributed by atoms with Crippen molar-refractivity contribution in [3.63, 3.8) is 0 Å². The van der Waals surface area contributed by atoms with E-state index in [1.807, 2.05) is 43.1 Å². The van der Waals surface area contributed by atoms with Crippen molar-refractivity contribution in [3.05, 3.63) is 29.8 Å². The lowest BCUT2D eigenvalue weighted by molar-refractivity contribution is -0.144. The third-order valence-corrected chi connectivity index (χ3v) is 2.82. The Bertz CT molecular complexity index is 393. The summed E-state index contributed by atoms with van der Waals surface area (Å²) < 4.78 is 10.5. The molecule has 20 heavy (non-hydrogen) atoms. The molecule has 0 radical (unpaired) electrons. The fourth-order valence-corrected chi connectivity index (χ4v) is 1.75. The van der Waals surface area contributed by atoms with Crippen LogP contribution in [0.4, 0.5) is 0 Å². The van der Waals surface area contributed by atoms with Crippen molar-refractivity contribution in [1.82, 2.24) is 4.90 Å². The second-order valence-electron chi connectivity index (χ2n) is 4.59. The molecular formula is C15H24N2O3. The van der Waals surface area contributed by atoms with Gasteiger partial charge in [0.15, 0.2) is 0 Å². The van der Waals surface area contributed by atoms with Gasteiger partial charge in [0.05, 0.1) is 19.8 Å². The number of nitrogens with zero attached hydrogens (tertiary/aromatic N) is 1. The van der Waals surface area contributed by atoms with Crippen molar-refractivity contribution < 1.29 is 14.3 Å². The van der Waals surface area contributed by atoms with Crippen LogP contribution in [0.5, 0.6) is 5.75 Å². The fourth-order valence-electron chi connectivity index (χ4n) is 1.75. The van der Waals surface area contributed by atoms with Gasteiger partial charge in [0, 0.05) is 13.1 Å². The molecule has 1 rings (SSSR count). The van der Waals surface area contributed by atoms with Gasteiger partial charge in [-0.25, -0.2) is 0 Å². The number of nitrogens with two attached hydrogens (primary N) is 1. The molecule has 0 aliphatic carbocycles. The van der Waals surface area contributed by atoms with E-state index in [1.165, 1.54) is 0 Å². The molecule has 0 unspecified atom stereocenters. The van der Waals surface area contributed by atoms with Crippen molar-refractivity contribution in [2.75, 3.05) is 33.4 Å². The second kappa shape index (κ2) is 9.34. The third-order valence-electron chi connectivity index (χ3n) is 2.82. The van der Waals surface area contributed by atoms with E-state index in [0.29, 0.717) is 26.3 Å². The van der Waals surface area contributed by atoms with Crippen LogP contribution < -0.4 is 10.5 Å². The summed E-state index contributed by atoms with van der Waals surface area (Å²) in [6, 6.07) is 7.76. The highest BCUT2D eigenvalue weighted by atomic mass is 16.5. The minimum Gasteiger partial charge on any atom is -0.494 e. The first kappa shape index (κ1) is 16.5. The summed E-state index contributed by atoms with van der Waals surface area (Å²) in [4.78, 5) is 13.2. The number of rotatable bonds is 9. The van der Waals surface area contributed by atoms with E-state index in [0.717, 1.165) is 24.3 Å². The summed E-state index contributed by atoms with van der Waals surface area (Å²) in [6.07, 6.45) is 0.856. The molecule has 5 nitrogen and oxygen atoms in total. The molecule has 112 valence electrons. The Morgan fingerprint density at radius 2 is 2.00 bits per heavy atom. The lowest BCUT2D eigenvalue weighted by atomic mass is 10.2. The maximum Gasteiger partial charge on any atom is 0.320 e. The van der Waals surface area contributed by atoms with Crippen LogP contribution in [0.15, 0.2) is 24.3 Å². The van der Waals surface area contributed by atoms with Crippen LogP contribution in [-0.2, 0) is 16.1 Å². The predicted octanol–water partition coefficient (Wildman–Crippen LogP) is 1.41. The van der Waals surface area contributed by atoms with Crippen molar-refractivity contribution >= 4 is 5.97 Å². The fraction of sp³-hybridized carbons (Fsp3) is 0.533. The summed E-state index contributed by atoms with van der Waals surface area (Å²) >= 11 is 0. The lowest BCUT2D eigenvalue weighted by Gasteiger charge is -2.15. The number of ether oxygens (including phenoxy) is 2. The van der Waals surface area contributed by atoms with Crippen LogP contribution in [0.25, 0.3) is 0 Å². The summed E-state index contributed by atoms with van der Waals surface area (Å²) in [7, 11) is 1.90. The molecule has 0 spiro atoms. The molecule has 0 bridgehead atoms. The van der Waals surface area contributed by atoms with Gasteiger partial charge in [0.2, 0.25) is 0 Å². The van der Waals surface area contributed by atoms with E-state index in [9.17, 15) is 4.79 Å². The molecule has 0 heterocycles. The predicted molar refractivity (Wildman–Crippen MR) is 78.6 cm³/mol. The summed E-state index contributed by atoms with van der Waals surface area (Å²) in [6.45, 7) is 4.50. The monoisotopic (exact) mass is 280 g/mol. The van der Waals surface area contributed by atoms with Crippen LogP contribution in [-0.4, -0.2) is 44.2 Å². The highest BCUT2D eigenvalue weighted by Crippen LogP contribution is 2.11. The topological polar surface area (TPSA) is 64.8 Å². The van der Waals surface area contributed by atoms with Crippen molar-refractivity contribution in [2.24, 2.45) is 5.73 Å². The maximum absolute atomic E-state index is 11.3. The minimum absolute atomic E-state index is 0.187. The Morgan fingerprint density at radius 3 is 2.60 bits per heavy atom. The molecule has 5 heteroatoms. The standard InChI is InChI=1S/C15H24N2O3/c1-3-19-15(18)12-17(2)9-4-10-20-14-7-5-13(11-16)6-8-14/h5-8H,3-4,9-12,16H2,1-2H3. The highest BCUT2D eigenvalue weighted by Gasteiger charge is 2.06. The van der Waals surface area contributed by atoms with Gasteiger partial charge in [-0.1, -0.05) is 12.1 Å². The van der Waals surface area contributed by atoms with Crippen LogP contribution in [0, 0.1) is 0 Å². The van der Waals surface area contributed by atoms with E-state index in [-0.39, 0.29) is 5.97 Å². The van der Waals surface area contributed by atoms with Gasteiger partial charge >= 0.3 is 5.97 Å². The molecule has 0 saturated heterocycles. The molecule has 0 aromatic heterocycles. The van der Waals surface area contributed by atoms with Gasteiger partial charge in [-0.15, -0.1) is 0 Å². The average molecular weight is 280 g/mol. The molecule has 0 atom stereocenters. The first-order valence-corrected chi connectivity index (χ1v) is 6.91. The van der Waals surface area contributed by atoms with Crippen LogP contribution in [0.3, 0.4) is 0 Å². The Hall–Kier alpha value is -1.59. The van der Waals surface area contributed by atoms with E-state index in [4.69, 9.17) is 15.2 Å². The third kappa shape index (κ3) is 6.54. The normalized spacial score (nSPS) is 10.6. The van der Waals surface area contributed by atoms with Gasteiger partial charge in [0.1, 0.15) is 5.75 Å². The van der Waals surface area contributed by atoms with E-state index in [2.05, 4.69) is 0 Å². The molecular weight excluding hydrogens is 256 g/mol. The Morgan fingerprint density at radius 1 is 1.30 bits per heavy atom. The Labute approximate surface area is 120 Å². The van der Waals surface area contributed by atoms with Crippen LogP contribution in [0.1, 0.15) is 18.9 Å². The number of carbonyl (C=O) groups excluding carboxylic acids is 1. The van der Waals surface area contributed by atoms with Gasteiger partial charge in [-0.05, 0) is 38.1 Å². The van der Waals surface area contributed by atoms with Gasteiger partial charge < -0.3 is 15.2 Å². The smallest absolute Gasteiger partial charge is 0.320 e. The second-order valence-corrected chi connectivity index (χ2v) is 4.59. The largest absolute Gasteiger partial charge is 0.494 e. The quantitative estimate of drug-likeness (QED) is 0.547. The van der Waals surface area contributed by atoms with Crippen LogP contribution >= 0.6 is 0 Å². The van der Waals surface area contributed by atoms with Crippen molar-refractivity contribution in [2.45, 2.75) is 19.9 Å². The zero-order chi connectivity index (χ0) is 14.8. The number of carbonyl (C=O) groups is 1. The average Bonchev–Trinajstić information content (AvgIpc) is 2.44. The Balaban J connectivity index is 2.15. The summed E-state index contributed by atoms with van der Waals surface area (Å²) in [5.41, 5.74) is 6.62. The zero-order valence-electron chi connectivity index (χ0n) is 12.3. The first-order chi connectivity index (χ1) is 9.65. The summed E-state index contributed by atoms with van der Waals surface area (Å²) in [5, 5.41) is 0. The molecule has 0 amide bonds. The number of likely N-dealkylation sites (N-methyl/N-ethyl adjacent to an activating group) is 1. The number of benzene rings is 1. The Kier molecular flexibility index (Phi) is 7.69. The summed E-state index contributed by atoms with van der Waals surface area (Å²) in [5.74, 6) is 0.656. The van der Waals surface area contributed by atoms with Gasteiger partial charge in [-0.2, -0.15) is 0 Å². The number of hydrogen-bond donors (Lipinski definition) is 1. The zero-order valence-corrected chi connectivity index (χ0v) is 12.3. The number of esters is 1. The maximum atomic E-state index is 11.3. The van der Waals surface area contributed by atoms with Crippen LogP contribution in [0.2, 0.25) is 0 Å². The molecule has 1 aromatic carbocycles. The molecule has 0 fully saturated rings. The molecule has 0 aliphatic heterocycles. The van der Waals surface area contributed by atoms with Crippen molar-refractivity contribution in [1.29, 1.82) is 0 Å². The minimum atomic E-state index is -0.187. The SMILES string of the molecule is CCOC(=O)CN(C)CCCOc1ccc(CN)cc1. The van der Waals surface area contributed by atoms with Crippen molar-refractivity contribution in [3.8, 4) is 5.75 Å². The molecule has 1 aromatic rings.